The maximum atomic E-state index is 12.3. The average Bonchev–Trinajstić information content (AvgIpc) is 3.07. The number of aromatic nitrogens is 1. The van der Waals surface area contributed by atoms with Crippen LogP contribution in [0.1, 0.15) is 11.2 Å². The number of amides is 1. The van der Waals surface area contributed by atoms with Gasteiger partial charge in [-0.05, 0) is 18.2 Å². The molecule has 0 saturated carbocycles. The molecular formula is C16H10N2O2. The molecule has 0 unspecified atom stereocenters. The van der Waals surface area contributed by atoms with Gasteiger partial charge in [0.25, 0.3) is 5.91 Å². The van der Waals surface area contributed by atoms with E-state index in [4.69, 9.17) is 5.48 Å². The van der Waals surface area contributed by atoms with E-state index in [2.05, 4.69) is 9.98 Å². The third-order valence-corrected chi connectivity index (χ3v) is 3.27. The monoisotopic (exact) mass is 266 g/mol. The fraction of sp³-hybridized carbons (Fsp3) is 0. The number of nitrogens with zero attached hydrogens (tertiary/aromatic N) is 1. The summed E-state index contributed by atoms with van der Waals surface area (Å²) in [7, 11) is 0. The Hall–Kier alpha value is -2.88. The van der Waals surface area contributed by atoms with Crippen LogP contribution >= 0.6 is 0 Å². The molecule has 3 aromatic rings. The number of rotatable bonds is 1. The van der Waals surface area contributed by atoms with Crippen molar-refractivity contribution in [3.8, 4) is 5.75 Å². The van der Waals surface area contributed by atoms with Gasteiger partial charge >= 0.3 is 0 Å². The first kappa shape index (κ1) is 7.65. The fourth-order valence-corrected chi connectivity index (χ4v) is 2.38. The van der Waals surface area contributed by atoms with Crippen molar-refractivity contribution < 1.29 is 15.4 Å². The van der Waals surface area contributed by atoms with E-state index in [0.29, 0.717) is 10.6 Å². The standard InChI is InChI=1S/C16H10N2O2/c19-15-10-6-2-4-8-12(10)17-14(15)13-9-5-1-3-7-11(9)18-16(13)20/h1-8,17,19H/i2D,4D,6D,8D. The number of carbonyl (C=O) groups is 1. The fourth-order valence-electron chi connectivity index (χ4n) is 2.38. The Labute approximate surface area is 119 Å². The largest absolute Gasteiger partial charge is 0.505 e. The molecule has 0 aliphatic carbocycles. The van der Waals surface area contributed by atoms with E-state index in [1.54, 1.807) is 24.3 Å². The first-order chi connectivity index (χ1) is 11.4. The second-order valence-electron chi connectivity index (χ2n) is 4.41. The highest BCUT2D eigenvalue weighted by Gasteiger charge is 2.23. The lowest BCUT2D eigenvalue weighted by atomic mass is 10.1. The number of para-hydroxylation sites is 2. The number of H-pyrrole nitrogens is 1. The van der Waals surface area contributed by atoms with Crippen molar-refractivity contribution in [2.24, 2.45) is 4.99 Å². The van der Waals surface area contributed by atoms with Gasteiger partial charge in [0, 0.05) is 16.1 Å². The van der Waals surface area contributed by atoms with Crippen LogP contribution in [0.4, 0.5) is 0 Å². The van der Waals surface area contributed by atoms with Gasteiger partial charge in [-0.15, -0.1) is 0 Å². The molecule has 1 amide bonds. The summed E-state index contributed by atoms with van der Waals surface area (Å²) < 4.78 is 31.4. The molecule has 2 aromatic carbocycles. The van der Waals surface area contributed by atoms with E-state index < -0.39 is 18.0 Å². The van der Waals surface area contributed by atoms with Crippen LogP contribution in [0.25, 0.3) is 16.5 Å². The van der Waals surface area contributed by atoms with E-state index >= 15 is 0 Å². The maximum Gasteiger partial charge on any atom is 0.280 e. The molecule has 0 fully saturated rings. The summed E-state index contributed by atoms with van der Waals surface area (Å²) in [5, 5.41) is 11.5. The summed E-state index contributed by atoms with van der Waals surface area (Å²) in [5.74, 6) is -0.916. The molecule has 0 atom stereocenters. The smallest absolute Gasteiger partial charge is 0.280 e. The number of nitrogens with one attached hydrogen (secondary N) is 1. The molecular weight excluding hydrogens is 252 g/mol. The molecule has 0 bridgehead atoms. The summed E-state index contributed by atoms with van der Waals surface area (Å²) in [4.78, 5) is 19.0. The summed E-state index contributed by atoms with van der Waals surface area (Å²) >= 11 is 0. The molecule has 2 heterocycles. The molecule has 4 rings (SSSR count). The van der Waals surface area contributed by atoms with Gasteiger partial charge in [0.2, 0.25) is 0 Å². The molecule has 1 aliphatic rings. The van der Waals surface area contributed by atoms with Gasteiger partial charge in [0.1, 0.15) is 5.75 Å². The summed E-state index contributed by atoms with van der Waals surface area (Å²) in [6.07, 6.45) is 0. The zero-order chi connectivity index (χ0) is 17.2. The Morgan fingerprint density at radius 1 is 1.20 bits per heavy atom. The van der Waals surface area contributed by atoms with Crippen LogP contribution in [0.2, 0.25) is 0 Å². The van der Waals surface area contributed by atoms with E-state index in [-0.39, 0.29) is 40.0 Å². The molecule has 2 N–H and O–H groups in total. The molecule has 1 aliphatic heterocycles. The van der Waals surface area contributed by atoms with Crippen molar-refractivity contribution in [1.82, 2.24) is 4.98 Å². The molecule has 4 nitrogen and oxygen atoms in total. The van der Waals surface area contributed by atoms with Gasteiger partial charge in [0.05, 0.1) is 22.1 Å². The minimum Gasteiger partial charge on any atom is -0.505 e. The first-order valence-corrected chi connectivity index (χ1v) is 5.95. The summed E-state index contributed by atoms with van der Waals surface area (Å²) in [6, 6.07) is 5.34. The number of fused-ring (bicyclic) bond motifs is 2. The van der Waals surface area contributed by atoms with E-state index in [1.165, 1.54) is 0 Å². The number of aromatic hydroxyl groups is 1. The van der Waals surface area contributed by atoms with Crippen LogP contribution in [0.15, 0.2) is 53.4 Å². The van der Waals surface area contributed by atoms with Crippen LogP contribution in [0, 0.1) is 0 Å². The van der Waals surface area contributed by atoms with Crippen molar-refractivity contribution in [1.29, 1.82) is 0 Å². The van der Waals surface area contributed by atoms with E-state index in [1.807, 2.05) is 0 Å². The lowest BCUT2D eigenvalue weighted by Crippen LogP contribution is -2.22. The number of hydrogen-bond acceptors (Lipinski definition) is 2. The van der Waals surface area contributed by atoms with Crippen LogP contribution in [-0.2, 0) is 4.79 Å². The third kappa shape index (κ3) is 1.36. The van der Waals surface area contributed by atoms with Gasteiger partial charge in [-0.25, -0.2) is 4.99 Å². The van der Waals surface area contributed by atoms with Gasteiger partial charge in [-0.2, -0.15) is 0 Å². The number of benzene rings is 2. The van der Waals surface area contributed by atoms with Gasteiger partial charge in [0.15, 0.2) is 0 Å². The molecule has 20 heavy (non-hydrogen) atoms. The highest BCUT2D eigenvalue weighted by Crippen LogP contribution is 2.32. The second-order valence-corrected chi connectivity index (χ2v) is 4.41. The molecule has 0 radical (unpaired) electrons. The highest BCUT2D eigenvalue weighted by atomic mass is 16.3. The van der Waals surface area contributed by atoms with Crippen molar-refractivity contribution in [3.63, 3.8) is 0 Å². The van der Waals surface area contributed by atoms with Crippen LogP contribution < -0.4 is 10.6 Å². The normalized spacial score (nSPS) is 16.4. The topological polar surface area (TPSA) is 65.5 Å². The Kier molecular flexibility index (Phi) is 1.45. The van der Waals surface area contributed by atoms with Crippen molar-refractivity contribution in [3.05, 3.63) is 64.7 Å². The lowest BCUT2D eigenvalue weighted by molar-refractivity contribution is -0.112. The Morgan fingerprint density at radius 3 is 2.90 bits per heavy atom. The third-order valence-electron chi connectivity index (χ3n) is 3.27. The van der Waals surface area contributed by atoms with Gasteiger partial charge < -0.3 is 10.1 Å². The summed E-state index contributed by atoms with van der Waals surface area (Å²) in [5.41, 5.74) is 0.255. The van der Waals surface area contributed by atoms with Crippen LogP contribution in [0.5, 0.6) is 5.75 Å². The first-order valence-electron chi connectivity index (χ1n) is 7.95. The lowest BCUT2D eigenvalue weighted by Gasteiger charge is -1.98. The molecule has 96 valence electrons. The zero-order valence-electron chi connectivity index (χ0n) is 14.1. The number of hydrogen-bond donors (Lipinski definition) is 2. The minimum atomic E-state index is -0.534. The molecule has 1 aromatic heterocycles. The second kappa shape index (κ2) is 3.81. The van der Waals surface area contributed by atoms with E-state index in [9.17, 15) is 9.90 Å². The molecule has 0 saturated heterocycles. The summed E-state index contributed by atoms with van der Waals surface area (Å²) in [6.45, 7) is 0. The van der Waals surface area contributed by atoms with Crippen LogP contribution in [0.3, 0.4) is 0 Å². The maximum absolute atomic E-state index is 12.3. The average molecular weight is 266 g/mol. The number of carbonyl (C=O) groups excluding carboxylic acids is 1. The Bertz CT molecular complexity index is 1180. The van der Waals surface area contributed by atoms with Crippen molar-refractivity contribution >= 4 is 22.4 Å². The Balaban J connectivity index is 2.17. The predicted molar refractivity (Wildman–Crippen MR) is 74.7 cm³/mol. The van der Waals surface area contributed by atoms with Gasteiger partial charge in [-0.1, -0.05) is 30.3 Å². The van der Waals surface area contributed by atoms with Gasteiger partial charge in [-0.3, -0.25) is 4.79 Å². The molecule has 0 spiro atoms. The van der Waals surface area contributed by atoms with Crippen molar-refractivity contribution in [2.45, 2.75) is 0 Å². The quantitative estimate of drug-likeness (QED) is 0.696. The molecule has 4 heteroatoms. The SMILES string of the molecule is [2H]c1c([2H])c([2H])c2c(O)c(C3=c4ccccc4=NC3=O)[nH]c2c1[2H]. The zero-order valence-corrected chi connectivity index (χ0v) is 10.1. The Morgan fingerprint density at radius 2 is 2.00 bits per heavy atom. The van der Waals surface area contributed by atoms with Crippen LogP contribution in [-0.4, -0.2) is 16.0 Å². The predicted octanol–water partition coefficient (Wildman–Crippen LogP) is 1.23. The van der Waals surface area contributed by atoms with E-state index in [0.717, 1.165) is 0 Å². The van der Waals surface area contributed by atoms with Crippen molar-refractivity contribution in [2.75, 3.05) is 0 Å². The highest BCUT2D eigenvalue weighted by molar-refractivity contribution is 6.22. The minimum absolute atomic E-state index is 0.0410. The number of aromatic amines is 1.